The molecule has 2 N–H and O–H groups in total. The van der Waals surface area contributed by atoms with E-state index in [-0.39, 0.29) is 6.61 Å². The number of hydrogen-bond acceptors (Lipinski definition) is 4. The SMILES string of the molecule is COc1ccccc1OCC(C)(N)C#N. The number of para-hydroxylation sites is 2. The fraction of sp³-hybridized carbons (Fsp3) is 0.364. The van der Waals surface area contributed by atoms with Crippen LogP contribution in [0.2, 0.25) is 0 Å². The van der Waals surface area contributed by atoms with Crippen LogP contribution in [0, 0.1) is 11.3 Å². The number of methoxy groups -OCH3 is 1. The summed E-state index contributed by atoms with van der Waals surface area (Å²) in [6, 6.07) is 9.19. The number of nitrogens with two attached hydrogens (primary N) is 1. The first-order chi connectivity index (χ1) is 7.09. The topological polar surface area (TPSA) is 68.3 Å². The Morgan fingerprint density at radius 2 is 2.00 bits per heavy atom. The third kappa shape index (κ3) is 3.15. The van der Waals surface area contributed by atoms with E-state index in [0.717, 1.165) is 0 Å². The molecule has 4 nitrogen and oxygen atoms in total. The molecule has 0 heterocycles. The predicted molar refractivity (Wildman–Crippen MR) is 56.7 cm³/mol. The standard InChI is InChI=1S/C11H14N2O2/c1-11(13,7-12)8-15-10-6-4-3-5-9(10)14-2/h3-6H,8,13H2,1-2H3. The van der Waals surface area contributed by atoms with Gasteiger partial charge >= 0.3 is 0 Å². The van der Waals surface area contributed by atoms with Crippen molar-refractivity contribution in [2.45, 2.75) is 12.5 Å². The minimum atomic E-state index is -0.985. The maximum Gasteiger partial charge on any atom is 0.161 e. The lowest BCUT2D eigenvalue weighted by Crippen LogP contribution is -2.40. The van der Waals surface area contributed by atoms with Crippen LogP contribution in [0.1, 0.15) is 6.92 Å². The maximum absolute atomic E-state index is 8.71. The number of ether oxygens (including phenoxy) is 2. The van der Waals surface area contributed by atoms with Crippen molar-refractivity contribution in [3.63, 3.8) is 0 Å². The Hall–Kier alpha value is -1.73. The highest BCUT2D eigenvalue weighted by Crippen LogP contribution is 2.26. The minimum absolute atomic E-state index is 0.129. The summed E-state index contributed by atoms with van der Waals surface area (Å²) in [5.74, 6) is 1.22. The average molecular weight is 206 g/mol. The van der Waals surface area contributed by atoms with Gasteiger partial charge in [-0.25, -0.2) is 0 Å². The van der Waals surface area contributed by atoms with Crippen LogP contribution in [-0.4, -0.2) is 19.3 Å². The monoisotopic (exact) mass is 206 g/mol. The summed E-state index contributed by atoms with van der Waals surface area (Å²) in [5, 5.41) is 8.71. The number of hydrogen-bond donors (Lipinski definition) is 1. The third-order valence-electron chi connectivity index (χ3n) is 1.85. The molecular formula is C11H14N2O2. The smallest absolute Gasteiger partial charge is 0.161 e. The van der Waals surface area contributed by atoms with Gasteiger partial charge in [-0.2, -0.15) is 5.26 Å². The maximum atomic E-state index is 8.71. The molecule has 0 aromatic heterocycles. The highest BCUT2D eigenvalue weighted by Gasteiger charge is 2.18. The van der Waals surface area contributed by atoms with E-state index in [1.807, 2.05) is 18.2 Å². The quantitative estimate of drug-likeness (QED) is 0.806. The Morgan fingerprint density at radius 3 is 2.53 bits per heavy atom. The van der Waals surface area contributed by atoms with Gasteiger partial charge in [0.25, 0.3) is 0 Å². The highest BCUT2D eigenvalue weighted by atomic mass is 16.5. The Balaban J connectivity index is 2.70. The van der Waals surface area contributed by atoms with Crippen molar-refractivity contribution in [1.82, 2.24) is 0 Å². The zero-order valence-corrected chi connectivity index (χ0v) is 8.86. The van der Waals surface area contributed by atoms with E-state index >= 15 is 0 Å². The van der Waals surface area contributed by atoms with E-state index in [0.29, 0.717) is 11.5 Å². The van der Waals surface area contributed by atoms with Gasteiger partial charge in [-0.3, -0.25) is 0 Å². The van der Waals surface area contributed by atoms with E-state index in [1.165, 1.54) is 0 Å². The zero-order valence-electron chi connectivity index (χ0n) is 8.86. The third-order valence-corrected chi connectivity index (χ3v) is 1.85. The van der Waals surface area contributed by atoms with Gasteiger partial charge in [-0.1, -0.05) is 12.1 Å². The van der Waals surface area contributed by atoms with Gasteiger partial charge in [0.15, 0.2) is 11.5 Å². The molecule has 1 atom stereocenters. The summed E-state index contributed by atoms with van der Waals surface area (Å²) in [7, 11) is 1.56. The first-order valence-electron chi connectivity index (χ1n) is 4.55. The molecule has 0 aliphatic carbocycles. The van der Waals surface area contributed by atoms with Crippen LogP contribution in [0.4, 0.5) is 0 Å². The summed E-state index contributed by atoms with van der Waals surface area (Å²) in [6.45, 7) is 1.74. The summed E-state index contributed by atoms with van der Waals surface area (Å²) >= 11 is 0. The second-order valence-electron chi connectivity index (χ2n) is 3.47. The molecule has 0 amide bonds. The molecule has 1 rings (SSSR count). The fourth-order valence-electron chi connectivity index (χ4n) is 0.998. The molecule has 1 aromatic rings. The number of benzene rings is 1. The van der Waals surface area contributed by atoms with Gasteiger partial charge in [-0.15, -0.1) is 0 Å². The normalized spacial score (nSPS) is 13.7. The lowest BCUT2D eigenvalue weighted by atomic mass is 10.1. The summed E-state index contributed by atoms with van der Waals surface area (Å²) < 4.78 is 10.5. The Morgan fingerprint density at radius 1 is 1.40 bits per heavy atom. The summed E-state index contributed by atoms with van der Waals surface area (Å²) in [6.07, 6.45) is 0. The molecule has 0 saturated heterocycles. The van der Waals surface area contributed by atoms with Crippen molar-refractivity contribution in [1.29, 1.82) is 5.26 Å². The largest absolute Gasteiger partial charge is 0.493 e. The first kappa shape index (κ1) is 11.3. The molecule has 80 valence electrons. The van der Waals surface area contributed by atoms with E-state index < -0.39 is 5.54 Å². The zero-order chi connectivity index (χ0) is 11.3. The van der Waals surface area contributed by atoms with Gasteiger partial charge in [0.05, 0.1) is 13.2 Å². The molecule has 0 aliphatic heterocycles. The van der Waals surface area contributed by atoms with Crippen molar-refractivity contribution in [3.8, 4) is 17.6 Å². The summed E-state index contributed by atoms with van der Waals surface area (Å²) in [4.78, 5) is 0. The molecule has 15 heavy (non-hydrogen) atoms. The van der Waals surface area contributed by atoms with Crippen LogP contribution in [0.5, 0.6) is 11.5 Å². The van der Waals surface area contributed by atoms with Crippen LogP contribution in [0.3, 0.4) is 0 Å². The van der Waals surface area contributed by atoms with E-state index in [1.54, 1.807) is 26.2 Å². The van der Waals surface area contributed by atoms with E-state index in [9.17, 15) is 0 Å². The second-order valence-corrected chi connectivity index (χ2v) is 3.47. The van der Waals surface area contributed by atoms with Crippen LogP contribution in [0.15, 0.2) is 24.3 Å². The first-order valence-corrected chi connectivity index (χ1v) is 4.55. The lowest BCUT2D eigenvalue weighted by Gasteiger charge is -2.17. The van der Waals surface area contributed by atoms with Gasteiger partial charge in [0, 0.05) is 0 Å². The fourth-order valence-corrected chi connectivity index (χ4v) is 0.998. The Bertz CT molecular complexity index is 369. The molecule has 4 heteroatoms. The van der Waals surface area contributed by atoms with Crippen molar-refractivity contribution in [2.75, 3.05) is 13.7 Å². The van der Waals surface area contributed by atoms with Crippen LogP contribution >= 0.6 is 0 Å². The molecule has 0 aliphatic rings. The minimum Gasteiger partial charge on any atom is -0.493 e. The molecule has 0 fully saturated rings. The van der Waals surface area contributed by atoms with Crippen LogP contribution < -0.4 is 15.2 Å². The van der Waals surface area contributed by atoms with Crippen molar-refractivity contribution in [2.24, 2.45) is 5.73 Å². The Kier molecular flexibility index (Phi) is 3.53. The van der Waals surface area contributed by atoms with E-state index in [2.05, 4.69) is 0 Å². The molecule has 0 spiro atoms. The van der Waals surface area contributed by atoms with Gasteiger partial charge in [0.2, 0.25) is 0 Å². The molecule has 0 radical (unpaired) electrons. The Labute approximate surface area is 89.2 Å². The molecule has 1 unspecified atom stereocenters. The summed E-state index contributed by atoms with van der Waals surface area (Å²) in [5.41, 5.74) is 4.64. The highest BCUT2D eigenvalue weighted by molar-refractivity contribution is 5.39. The average Bonchev–Trinajstić information content (AvgIpc) is 2.27. The molecular weight excluding hydrogens is 192 g/mol. The number of nitriles is 1. The van der Waals surface area contributed by atoms with Crippen molar-refractivity contribution < 1.29 is 9.47 Å². The van der Waals surface area contributed by atoms with Crippen LogP contribution in [-0.2, 0) is 0 Å². The molecule has 0 saturated carbocycles. The lowest BCUT2D eigenvalue weighted by molar-refractivity contribution is 0.251. The van der Waals surface area contributed by atoms with Gasteiger partial charge in [0.1, 0.15) is 12.1 Å². The van der Waals surface area contributed by atoms with Gasteiger partial charge in [-0.05, 0) is 19.1 Å². The number of rotatable bonds is 4. The molecule has 1 aromatic carbocycles. The van der Waals surface area contributed by atoms with E-state index in [4.69, 9.17) is 20.5 Å². The van der Waals surface area contributed by atoms with Gasteiger partial charge < -0.3 is 15.2 Å². The molecule has 0 bridgehead atoms. The van der Waals surface area contributed by atoms with Crippen LogP contribution in [0.25, 0.3) is 0 Å². The van der Waals surface area contributed by atoms with Crippen molar-refractivity contribution >= 4 is 0 Å². The second kappa shape index (κ2) is 4.67. The van der Waals surface area contributed by atoms with Crippen molar-refractivity contribution in [3.05, 3.63) is 24.3 Å². The number of nitrogens with zero attached hydrogens (tertiary/aromatic N) is 1. The predicted octanol–water partition coefficient (Wildman–Crippen LogP) is 1.31.